The van der Waals surface area contributed by atoms with E-state index in [1.807, 2.05) is 31.1 Å². The van der Waals surface area contributed by atoms with Crippen LogP contribution < -0.4 is 4.74 Å². The number of thioether (sulfide) groups is 1. The van der Waals surface area contributed by atoms with Crippen LogP contribution in [0.2, 0.25) is 0 Å². The smallest absolute Gasteiger partial charge is 0.451 e. The van der Waals surface area contributed by atoms with Gasteiger partial charge in [-0.3, -0.25) is 5.10 Å². The highest BCUT2D eigenvalue weighted by atomic mass is 32.2. The molecule has 0 bridgehead atoms. The van der Waals surface area contributed by atoms with Crippen molar-refractivity contribution in [2.75, 3.05) is 12.4 Å². The predicted molar refractivity (Wildman–Crippen MR) is 91.5 cm³/mol. The highest BCUT2D eigenvalue weighted by Crippen LogP contribution is 2.30. The van der Waals surface area contributed by atoms with E-state index in [0.717, 1.165) is 28.5 Å². The van der Waals surface area contributed by atoms with Gasteiger partial charge in [0.2, 0.25) is 22.7 Å². The molecule has 0 spiro atoms. The average molecular weight is 399 g/mol. The summed E-state index contributed by atoms with van der Waals surface area (Å²) >= 11 is 1.08. The third kappa shape index (κ3) is 4.59. The SMILES string of the molecule is Cc1nc(-c2cc(C)c(OCCSc3n[nH]c(C(F)(F)F)n3)c(C)c2)no1. The zero-order chi connectivity index (χ0) is 19.6. The van der Waals surface area contributed by atoms with E-state index in [1.165, 1.54) is 0 Å². The lowest BCUT2D eigenvalue weighted by atomic mass is 10.1. The van der Waals surface area contributed by atoms with Crippen molar-refractivity contribution >= 4 is 11.8 Å². The van der Waals surface area contributed by atoms with Gasteiger partial charge in [-0.15, -0.1) is 5.10 Å². The van der Waals surface area contributed by atoms with E-state index < -0.39 is 12.0 Å². The topological polar surface area (TPSA) is 89.7 Å². The molecule has 0 atom stereocenters. The minimum atomic E-state index is -4.53. The predicted octanol–water partition coefficient (Wildman–Crippen LogP) is 3.97. The van der Waals surface area contributed by atoms with E-state index in [4.69, 9.17) is 9.26 Å². The maximum Gasteiger partial charge on any atom is 0.451 e. The first-order chi connectivity index (χ1) is 12.7. The number of nitrogens with zero attached hydrogens (tertiary/aromatic N) is 4. The molecule has 0 fully saturated rings. The Bertz CT molecular complexity index is 915. The van der Waals surface area contributed by atoms with E-state index in [2.05, 4.69) is 20.2 Å². The van der Waals surface area contributed by atoms with Crippen molar-refractivity contribution in [3.05, 3.63) is 35.0 Å². The number of halogens is 3. The zero-order valence-electron chi connectivity index (χ0n) is 14.7. The first-order valence-corrected chi connectivity index (χ1v) is 8.89. The van der Waals surface area contributed by atoms with Gasteiger partial charge in [-0.05, 0) is 37.1 Å². The van der Waals surface area contributed by atoms with Gasteiger partial charge in [-0.2, -0.15) is 23.1 Å². The molecule has 0 unspecified atom stereocenters. The van der Waals surface area contributed by atoms with E-state index in [-0.39, 0.29) is 5.16 Å². The summed E-state index contributed by atoms with van der Waals surface area (Å²) in [5.74, 6) is 0.999. The highest BCUT2D eigenvalue weighted by Gasteiger charge is 2.35. The molecular weight excluding hydrogens is 383 g/mol. The van der Waals surface area contributed by atoms with Crippen molar-refractivity contribution in [3.8, 4) is 17.1 Å². The lowest BCUT2D eigenvalue weighted by molar-refractivity contribution is -0.144. The molecule has 0 saturated heterocycles. The summed E-state index contributed by atoms with van der Waals surface area (Å²) in [5, 5.41) is 9.35. The lowest BCUT2D eigenvalue weighted by Crippen LogP contribution is -2.07. The van der Waals surface area contributed by atoms with Gasteiger partial charge >= 0.3 is 6.18 Å². The molecule has 0 saturated carbocycles. The maximum absolute atomic E-state index is 12.5. The second kappa shape index (κ2) is 7.59. The number of nitrogens with one attached hydrogen (secondary N) is 1. The minimum Gasteiger partial charge on any atom is -0.492 e. The van der Waals surface area contributed by atoms with Crippen molar-refractivity contribution in [2.24, 2.45) is 0 Å². The van der Waals surface area contributed by atoms with Crippen molar-refractivity contribution < 1.29 is 22.4 Å². The number of rotatable bonds is 6. The summed E-state index contributed by atoms with van der Waals surface area (Å²) in [4.78, 5) is 7.60. The Morgan fingerprint density at radius 1 is 1.15 bits per heavy atom. The maximum atomic E-state index is 12.5. The van der Waals surface area contributed by atoms with Crippen LogP contribution in [-0.2, 0) is 6.18 Å². The Kier molecular flexibility index (Phi) is 5.40. The van der Waals surface area contributed by atoms with Crippen LogP contribution in [-0.4, -0.2) is 37.7 Å². The summed E-state index contributed by atoms with van der Waals surface area (Å²) in [6.45, 7) is 5.81. The van der Waals surface area contributed by atoms with Crippen LogP contribution in [0.1, 0.15) is 22.8 Å². The fourth-order valence-electron chi connectivity index (χ4n) is 2.44. The molecule has 2 aromatic heterocycles. The number of H-pyrrole nitrogens is 1. The molecule has 0 aliphatic carbocycles. The van der Waals surface area contributed by atoms with Crippen molar-refractivity contribution in [1.82, 2.24) is 25.3 Å². The summed E-state index contributed by atoms with van der Waals surface area (Å²) in [6, 6.07) is 3.79. The first-order valence-electron chi connectivity index (χ1n) is 7.91. The monoisotopic (exact) mass is 399 g/mol. The highest BCUT2D eigenvalue weighted by molar-refractivity contribution is 7.99. The number of ether oxygens (including phenoxy) is 1. The molecule has 27 heavy (non-hydrogen) atoms. The molecule has 3 aromatic rings. The van der Waals surface area contributed by atoms with Gasteiger partial charge < -0.3 is 9.26 Å². The minimum absolute atomic E-state index is 0.0298. The molecule has 1 aromatic carbocycles. The molecule has 0 radical (unpaired) electrons. The van der Waals surface area contributed by atoms with Gasteiger partial charge in [0.1, 0.15) is 5.75 Å². The molecular formula is C16H16F3N5O2S. The molecule has 11 heteroatoms. The van der Waals surface area contributed by atoms with Crippen molar-refractivity contribution in [2.45, 2.75) is 32.1 Å². The largest absolute Gasteiger partial charge is 0.492 e. The van der Waals surface area contributed by atoms with Gasteiger partial charge in [-0.25, -0.2) is 0 Å². The fraction of sp³-hybridized carbons (Fsp3) is 0.375. The van der Waals surface area contributed by atoms with Crippen molar-refractivity contribution in [1.29, 1.82) is 0 Å². The number of aromatic nitrogens is 5. The fourth-order valence-corrected chi connectivity index (χ4v) is 3.05. The van der Waals surface area contributed by atoms with Gasteiger partial charge in [0.15, 0.2) is 0 Å². The molecule has 0 amide bonds. The third-order valence-corrected chi connectivity index (χ3v) is 4.35. The normalized spacial score (nSPS) is 11.8. The van der Waals surface area contributed by atoms with E-state index >= 15 is 0 Å². The molecule has 1 N–H and O–H groups in total. The third-order valence-electron chi connectivity index (χ3n) is 3.54. The van der Waals surface area contributed by atoms with Crippen LogP contribution in [0.15, 0.2) is 21.8 Å². The van der Waals surface area contributed by atoms with Gasteiger partial charge in [0, 0.05) is 18.2 Å². The number of hydrogen-bond donors (Lipinski definition) is 1. The van der Waals surface area contributed by atoms with E-state index in [0.29, 0.717) is 29.8 Å². The van der Waals surface area contributed by atoms with E-state index in [9.17, 15) is 13.2 Å². The van der Waals surface area contributed by atoms with Gasteiger partial charge in [0.25, 0.3) is 0 Å². The average Bonchev–Trinajstić information content (AvgIpc) is 3.22. The number of benzene rings is 1. The van der Waals surface area contributed by atoms with Crippen LogP contribution in [0.4, 0.5) is 13.2 Å². The van der Waals surface area contributed by atoms with Gasteiger partial charge in [0.05, 0.1) is 6.61 Å². The molecule has 2 heterocycles. The molecule has 0 aliphatic heterocycles. The van der Waals surface area contributed by atoms with Crippen molar-refractivity contribution in [3.63, 3.8) is 0 Å². The summed E-state index contributed by atoms with van der Waals surface area (Å²) < 4.78 is 48.2. The number of aromatic amines is 1. The first kappa shape index (κ1) is 19.2. The number of hydrogen-bond acceptors (Lipinski definition) is 7. The molecule has 3 rings (SSSR count). The lowest BCUT2D eigenvalue weighted by Gasteiger charge is -2.12. The zero-order valence-corrected chi connectivity index (χ0v) is 15.5. The van der Waals surface area contributed by atoms with Crippen LogP contribution >= 0.6 is 11.8 Å². The second-order valence-corrected chi connectivity index (χ2v) is 6.80. The second-order valence-electron chi connectivity index (χ2n) is 5.74. The van der Waals surface area contributed by atoms with Gasteiger partial charge in [-0.1, -0.05) is 16.9 Å². The van der Waals surface area contributed by atoms with Crippen LogP contribution in [0.5, 0.6) is 5.75 Å². The van der Waals surface area contributed by atoms with E-state index in [1.54, 1.807) is 6.92 Å². The number of aryl methyl sites for hydroxylation is 3. The summed E-state index contributed by atoms with van der Waals surface area (Å²) in [6.07, 6.45) is -4.53. The standard InChI is InChI=1S/C16H16F3N5O2S/c1-8-6-11(13-20-10(3)26-24-13)7-9(2)12(8)25-4-5-27-15-21-14(22-23-15)16(17,18)19/h6-7H,4-5H2,1-3H3,(H,21,22,23). The van der Waals surface area contributed by atoms with Crippen LogP contribution in [0.25, 0.3) is 11.4 Å². The Hall–Kier alpha value is -2.56. The molecule has 0 aliphatic rings. The van der Waals surface area contributed by atoms with Crippen LogP contribution in [0.3, 0.4) is 0 Å². The Morgan fingerprint density at radius 2 is 1.85 bits per heavy atom. The Balaban J connectivity index is 1.59. The molecule has 144 valence electrons. The van der Waals surface area contributed by atoms with Crippen LogP contribution in [0, 0.1) is 20.8 Å². The summed E-state index contributed by atoms with van der Waals surface area (Å²) in [7, 11) is 0. The number of alkyl halides is 3. The Labute approximate surface area is 156 Å². The Morgan fingerprint density at radius 3 is 2.41 bits per heavy atom. The molecule has 7 nitrogen and oxygen atoms in total. The quantitative estimate of drug-likeness (QED) is 0.495. The summed E-state index contributed by atoms with van der Waals surface area (Å²) in [5.41, 5.74) is 2.62.